The molecule has 0 spiro atoms. The molecule has 1 N–H and O–H groups in total. The summed E-state index contributed by atoms with van der Waals surface area (Å²) in [5.41, 5.74) is 3.42. The van der Waals surface area contributed by atoms with Gasteiger partial charge in [-0.05, 0) is 54.9 Å². The highest BCUT2D eigenvalue weighted by Gasteiger charge is 2.29. The molecule has 0 radical (unpaired) electrons. The number of β-amino-alcohol motifs (C(OH)–C–C–N with tert-alkyl or cyclic N) is 1. The predicted octanol–water partition coefficient (Wildman–Crippen LogP) is 3.23. The number of hydrogen-bond acceptors (Lipinski definition) is 4. The SMILES string of the molecule is COc1cccc([C@@H]2CCN(Cc3cccn3-c3cccnc3)C[C@H]2O)c1. The summed E-state index contributed by atoms with van der Waals surface area (Å²) in [6, 6.07) is 16.3. The first-order valence-corrected chi connectivity index (χ1v) is 9.35. The molecule has 0 aliphatic carbocycles. The van der Waals surface area contributed by atoms with Crippen molar-refractivity contribution in [3.63, 3.8) is 0 Å². The van der Waals surface area contributed by atoms with Crippen LogP contribution < -0.4 is 4.74 Å². The van der Waals surface area contributed by atoms with Crippen molar-refractivity contribution in [1.29, 1.82) is 0 Å². The largest absolute Gasteiger partial charge is 0.497 e. The van der Waals surface area contributed by atoms with E-state index in [4.69, 9.17) is 4.74 Å². The third kappa shape index (κ3) is 3.89. The van der Waals surface area contributed by atoms with E-state index in [1.165, 1.54) is 5.69 Å². The fourth-order valence-corrected chi connectivity index (χ4v) is 3.92. The number of rotatable bonds is 5. The first kappa shape index (κ1) is 17.8. The second-order valence-electron chi connectivity index (χ2n) is 7.05. The molecular weight excluding hydrogens is 338 g/mol. The smallest absolute Gasteiger partial charge is 0.119 e. The molecule has 140 valence electrons. The molecule has 1 fully saturated rings. The van der Waals surface area contributed by atoms with E-state index in [9.17, 15) is 5.11 Å². The van der Waals surface area contributed by atoms with Gasteiger partial charge in [-0.1, -0.05) is 12.1 Å². The molecule has 2 atom stereocenters. The molecule has 1 saturated heterocycles. The molecule has 1 aliphatic heterocycles. The molecule has 3 aromatic rings. The molecule has 0 unspecified atom stereocenters. The Hall–Kier alpha value is -2.63. The zero-order valence-electron chi connectivity index (χ0n) is 15.5. The van der Waals surface area contributed by atoms with Crippen LogP contribution in [0.4, 0.5) is 0 Å². The Morgan fingerprint density at radius 2 is 2.11 bits per heavy atom. The van der Waals surface area contributed by atoms with Crippen LogP contribution in [0.3, 0.4) is 0 Å². The van der Waals surface area contributed by atoms with E-state index in [0.29, 0.717) is 6.54 Å². The highest BCUT2D eigenvalue weighted by atomic mass is 16.5. The van der Waals surface area contributed by atoms with Gasteiger partial charge in [0.2, 0.25) is 0 Å². The van der Waals surface area contributed by atoms with Gasteiger partial charge in [0.1, 0.15) is 5.75 Å². The number of hydrogen-bond donors (Lipinski definition) is 1. The van der Waals surface area contributed by atoms with Crippen LogP contribution in [0.5, 0.6) is 5.75 Å². The summed E-state index contributed by atoms with van der Waals surface area (Å²) in [7, 11) is 1.68. The molecule has 1 aliphatic rings. The van der Waals surface area contributed by atoms with Crippen molar-refractivity contribution in [3.05, 3.63) is 78.4 Å². The topological polar surface area (TPSA) is 50.5 Å². The monoisotopic (exact) mass is 363 g/mol. The number of aromatic nitrogens is 2. The summed E-state index contributed by atoms with van der Waals surface area (Å²) in [4.78, 5) is 6.54. The molecule has 3 heterocycles. The van der Waals surface area contributed by atoms with Crippen LogP contribution in [-0.2, 0) is 6.54 Å². The second-order valence-corrected chi connectivity index (χ2v) is 7.05. The number of aliphatic hydroxyl groups excluding tert-OH is 1. The number of aliphatic hydroxyl groups is 1. The number of methoxy groups -OCH3 is 1. The third-order valence-corrected chi connectivity index (χ3v) is 5.33. The molecular formula is C22H25N3O2. The Morgan fingerprint density at radius 1 is 1.19 bits per heavy atom. The van der Waals surface area contributed by atoms with Crippen LogP contribution in [0.2, 0.25) is 0 Å². The maximum Gasteiger partial charge on any atom is 0.119 e. The lowest BCUT2D eigenvalue weighted by atomic mass is 9.87. The molecule has 1 aromatic carbocycles. The number of likely N-dealkylation sites (tertiary alicyclic amines) is 1. The number of pyridine rings is 1. The molecule has 4 rings (SSSR count). The van der Waals surface area contributed by atoms with Gasteiger partial charge >= 0.3 is 0 Å². The van der Waals surface area contributed by atoms with Crippen LogP contribution in [0.15, 0.2) is 67.1 Å². The lowest BCUT2D eigenvalue weighted by Gasteiger charge is -2.36. The number of ether oxygens (including phenoxy) is 1. The molecule has 5 heteroatoms. The zero-order valence-corrected chi connectivity index (χ0v) is 15.5. The van der Waals surface area contributed by atoms with E-state index < -0.39 is 0 Å². The fourth-order valence-electron chi connectivity index (χ4n) is 3.92. The van der Waals surface area contributed by atoms with Crippen molar-refractivity contribution >= 4 is 0 Å². The summed E-state index contributed by atoms with van der Waals surface area (Å²) in [5.74, 6) is 0.998. The number of benzene rings is 1. The molecule has 0 amide bonds. The van der Waals surface area contributed by atoms with Gasteiger partial charge in [0.15, 0.2) is 0 Å². The molecule has 5 nitrogen and oxygen atoms in total. The van der Waals surface area contributed by atoms with Gasteiger partial charge in [-0.15, -0.1) is 0 Å². The Labute approximate surface area is 159 Å². The number of piperidine rings is 1. The van der Waals surface area contributed by atoms with Gasteiger partial charge < -0.3 is 14.4 Å². The average Bonchev–Trinajstić information content (AvgIpc) is 3.17. The maximum atomic E-state index is 10.8. The van der Waals surface area contributed by atoms with Crippen LogP contribution in [0, 0.1) is 0 Å². The van der Waals surface area contributed by atoms with E-state index >= 15 is 0 Å². The summed E-state index contributed by atoms with van der Waals surface area (Å²) in [6.45, 7) is 2.43. The Kier molecular flexibility index (Phi) is 5.23. The first-order valence-electron chi connectivity index (χ1n) is 9.35. The molecule has 2 aromatic heterocycles. The van der Waals surface area contributed by atoms with Gasteiger partial charge in [0.25, 0.3) is 0 Å². The van der Waals surface area contributed by atoms with Crippen LogP contribution >= 0.6 is 0 Å². The minimum atomic E-state index is -0.382. The van der Waals surface area contributed by atoms with Crippen molar-refractivity contribution in [3.8, 4) is 11.4 Å². The van der Waals surface area contributed by atoms with Crippen molar-refractivity contribution < 1.29 is 9.84 Å². The van der Waals surface area contributed by atoms with Crippen molar-refractivity contribution in [2.75, 3.05) is 20.2 Å². The van der Waals surface area contributed by atoms with Gasteiger partial charge in [-0.2, -0.15) is 0 Å². The van der Waals surface area contributed by atoms with E-state index in [0.717, 1.165) is 36.5 Å². The van der Waals surface area contributed by atoms with Gasteiger partial charge in [-0.3, -0.25) is 9.88 Å². The van der Waals surface area contributed by atoms with Crippen molar-refractivity contribution in [1.82, 2.24) is 14.5 Å². The van der Waals surface area contributed by atoms with E-state index in [1.54, 1.807) is 13.3 Å². The normalized spacial score (nSPS) is 20.5. The van der Waals surface area contributed by atoms with E-state index in [2.05, 4.69) is 44.9 Å². The van der Waals surface area contributed by atoms with Crippen molar-refractivity contribution in [2.24, 2.45) is 0 Å². The Balaban J connectivity index is 1.44. The lowest BCUT2D eigenvalue weighted by Crippen LogP contribution is -2.42. The minimum Gasteiger partial charge on any atom is -0.497 e. The minimum absolute atomic E-state index is 0.154. The fraction of sp³-hybridized carbons (Fsp3) is 0.318. The zero-order chi connectivity index (χ0) is 18.6. The molecule has 27 heavy (non-hydrogen) atoms. The van der Waals surface area contributed by atoms with Gasteiger partial charge in [0.05, 0.1) is 25.1 Å². The van der Waals surface area contributed by atoms with E-state index in [1.807, 2.05) is 30.5 Å². The predicted molar refractivity (Wildman–Crippen MR) is 105 cm³/mol. The Bertz CT molecular complexity index is 878. The summed E-state index contributed by atoms with van der Waals surface area (Å²) < 4.78 is 7.49. The van der Waals surface area contributed by atoms with Crippen molar-refractivity contribution in [2.45, 2.75) is 25.0 Å². The standard InChI is InChI=1S/C22H25N3O2/c1-27-20-8-2-5-17(13-20)21-9-12-24(16-22(21)26)15-19-7-4-11-25(19)18-6-3-10-23-14-18/h2-8,10-11,13-14,21-22,26H,9,12,15-16H2,1H3/t21-,22+/m0/s1. The van der Waals surface area contributed by atoms with Crippen LogP contribution in [0.25, 0.3) is 5.69 Å². The lowest BCUT2D eigenvalue weighted by molar-refractivity contribution is 0.0469. The van der Waals surface area contributed by atoms with Crippen LogP contribution in [0.1, 0.15) is 23.6 Å². The highest BCUT2D eigenvalue weighted by Crippen LogP contribution is 2.31. The summed E-state index contributed by atoms with van der Waals surface area (Å²) in [6.07, 6.45) is 6.26. The summed E-state index contributed by atoms with van der Waals surface area (Å²) >= 11 is 0. The third-order valence-electron chi connectivity index (χ3n) is 5.33. The second kappa shape index (κ2) is 7.94. The molecule has 0 bridgehead atoms. The quantitative estimate of drug-likeness (QED) is 0.756. The first-order chi connectivity index (χ1) is 13.2. The summed E-state index contributed by atoms with van der Waals surface area (Å²) in [5, 5.41) is 10.8. The maximum absolute atomic E-state index is 10.8. The average molecular weight is 363 g/mol. The van der Waals surface area contributed by atoms with Gasteiger partial charge in [0, 0.05) is 37.1 Å². The van der Waals surface area contributed by atoms with E-state index in [-0.39, 0.29) is 12.0 Å². The molecule has 0 saturated carbocycles. The van der Waals surface area contributed by atoms with Gasteiger partial charge in [-0.25, -0.2) is 0 Å². The number of nitrogens with zero attached hydrogens (tertiary/aromatic N) is 3. The Morgan fingerprint density at radius 3 is 2.89 bits per heavy atom. The van der Waals surface area contributed by atoms with Crippen LogP contribution in [-0.4, -0.2) is 45.9 Å². The highest BCUT2D eigenvalue weighted by molar-refractivity contribution is 5.33.